The minimum Gasteiger partial charge on any atom is -0.150 e. The molecule has 0 spiro atoms. The van der Waals surface area contributed by atoms with Gasteiger partial charge in [-0.05, 0) is 35.9 Å². The van der Waals surface area contributed by atoms with Crippen molar-refractivity contribution >= 4 is 23.9 Å². The molecule has 1 aromatic heterocycles. The van der Waals surface area contributed by atoms with Crippen molar-refractivity contribution < 1.29 is 0 Å². The Bertz CT molecular complexity index is 320. The van der Waals surface area contributed by atoms with Gasteiger partial charge in [0.1, 0.15) is 0 Å². The maximum Gasteiger partial charge on any atom is 0.0907 e. The number of rotatable bonds is 6. The lowest BCUT2D eigenvalue weighted by Gasteiger charge is -2.16. The summed E-state index contributed by atoms with van der Waals surface area (Å²) >= 11 is 2.05. The Morgan fingerprint density at radius 3 is 2.38 bits per heavy atom. The van der Waals surface area contributed by atoms with Crippen LogP contribution < -0.4 is 4.50 Å². The van der Waals surface area contributed by atoms with Crippen LogP contribution in [-0.2, 0) is 6.42 Å². The third-order valence-electron chi connectivity index (χ3n) is 2.91. The summed E-state index contributed by atoms with van der Waals surface area (Å²) in [6.07, 6.45) is 6.82. The Balaban J connectivity index is 2.65. The van der Waals surface area contributed by atoms with E-state index in [2.05, 4.69) is 39.6 Å². The molecule has 0 atom stereocenters. The molecule has 1 aromatic rings. The number of aryl methyl sites for hydroxylation is 2. The van der Waals surface area contributed by atoms with Crippen LogP contribution in [0.15, 0.2) is 6.07 Å². The van der Waals surface area contributed by atoms with Crippen molar-refractivity contribution in [3.05, 3.63) is 16.5 Å². The Morgan fingerprint density at radius 2 is 1.81 bits per heavy atom. The maximum absolute atomic E-state index is 2.47. The van der Waals surface area contributed by atoms with E-state index < -0.39 is 8.07 Å². The highest BCUT2D eigenvalue weighted by atomic mass is 32.1. The van der Waals surface area contributed by atoms with E-state index in [1.165, 1.54) is 37.0 Å². The predicted octanol–water partition coefficient (Wildman–Crippen LogP) is 4.72. The van der Waals surface area contributed by atoms with Crippen LogP contribution in [0.1, 0.15) is 43.0 Å². The zero-order valence-electron chi connectivity index (χ0n) is 11.5. The Labute approximate surface area is 106 Å². The second-order valence-electron chi connectivity index (χ2n) is 5.77. The van der Waals surface area contributed by atoms with Crippen LogP contribution in [0.3, 0.4) is 0 Å². The normalized spacial score (nSPS) is 12.1. The van der Waals surface area contributed by atoms with Crippen LogP contribution in [0, 0.1) is 6.92 Å². The summed E-state index contributed by atoms with van der Waals surface area (Å²) in [5.41, 5.74) is 1.66. The van der Waals surface area contributed by atoms with Crippen LogP contribution in [0.25, 0.3) is 0 Å². The Morgan fingerprint density at radius 1 is 1.12 bits per heavy atom. The van der Waals surface area contributed by atoms with Crippen LogP contribution in [-0.4, -0.2) is 8.07 Å². The van der Waals surface area contributed by atoms with Gasteiger partial charge in [0.25, 0.3) is 0 Å². The topological polar surface area (TPSA) is 0 Å². The van der Waals surface area contributed by atoms with E-state index in [-0.39, 0.29) is 0 Å². The molecule has 0 fully saturated rings. The number of hydrogen-bond acceptors (Lipinski definition) is 1. The van der Waals surface area contributed by atoms with Gasteiger partial charge in [-0.25, -0.2) is 0 Å². The van der Waals surface area contributed by atoms with Crippen LogP contribution in [0.2, 0.25) is 19.6 Å². The number of hydrogen-bond donors (Lipinski definition) is 0. The van der Waals surface area contributed by atoms with Gasteiger partial charge in [-0.2, -0.15) is 11.3 Å². The molecule has 2 heteroatoms. The van der Waals surface area contributed by atoms with Crippen molar-refractivity contribution in [2.24, 2.45) is 0 Å². The molecule has 92 valence electrons. The summed E-state index contributed by atoms with van der Waals surface area (Å²) in [6.45, 7) is 11.9. The standard InChI is InChI=1S/C14H26SSi/c1-6-7-8-9-10-13-11-12(2)15-14(13)16(3,4)5/h11H,6-10H2,1-5H3. The molecule has 0 aliphatic carbocycles. The molecule has 1 rings (SSSR count). The monoisotopic (exact) mass is 254 g/mol. The van der Waals surface area contributed by atoms with Crippen molar-refractivity contribution in [1.82, 2.24) is 0 Å². The van der Waals surface area contributed by atoms with Gasteiger partial charge in [0.2, 0.25) is 0 Å². The first-order valence-corrected chi connectivity index (χ1v) is 10.9. The largest absolute Gasteiger partial charge is 0.150 e. The van der Waals surface area contributed by atoms with E-state index >= 15 is 0 Å². The van der Waals surface area contributed by atoms with Crippen molar-refractivity contribution in [2.45, 2.75) is 65.6 Å². The molecule has 0 bridgehead atoms. The highest BCUT2D eigenvalue weighted by Gasteiger charge is 2.22. The molecule has 0 nitrogen and oxygen atoms in total. The predicted molar refractivity (Wildman–Crippen MR) is 79.9 cm³/mol. The highest BCUT2D eigenvalue weighted by molar-refractivity contribution is 7.26. The summed E-state index contributed by atoms with van der Waals surface area (Å²) in [5, 5.41) is 0. The minimum atomic E-state index is -1.11. The second-order valence-corrected chi connectivity index (χ2v) is 12.4. The molecule has 0 amide bonds. The molecular formula is C14H26SSi. The molecule has 0 aromatic carbocycles. The first-order chi connectivity index (χ1) is 7.45. The van der Waals surface area contributed by atoms with E-state index in [0.717, 1.165) is 0 Å². The highest BCUT2D eigenvalue weighted by Crippen LogP contribution is 2.19. The molecule has 0 saturated carbocycles. The van der Waals surface area contributed by atoms with Gasteiger partial charge < -0.3 is 0 Å². The maximum atomic E-state index is 2.47. The van der Waals surface area contributed by atoms with E-state index in [4.69, 9.17) is 0 Å². The van der Waals surface area contributed by atoms with Gasteiger partial charge in [0, 0.05) is 4.88 Å². The van der Waals surface area contributed by atoms with Crippen LogP contribution in [0.4, 0.5) is 0 Å². The van der Waals surface area contributed by atoms with Gasteiger partial charge in [-0.3, -0.25) is 0 Å². The van der Waals surface area contributed by atoms with Gasteiger partial charge in [0.05, 0.1) is 8.07 Å². The van der Waals surface area contributed by atoms with E-state index in [9.17, 15) is 0 Å². The molecular weight excluding hydrogens is 228 g/mol. The van der Waals surface area contributed by atoms with Gasteiger partial charge in [-0.15, -0.1) is 0 Å². The molecule has 16 heavy (non-hydrogen) atoms. The van der Waals surface area contributed by atoms with Gasteiger partial charge >= 0.3 is 0 Å². The third-order valence-corrected chi connectivity index (χ3v) is 7.65. The molecule has 0 unspecified atom stereocenters. The van der Waals surface area contributed by atoms with Crippen molar-refractivity contribution in [2.75, 3.05) is 0 Å². The average Bonchev–Trinajstić information content (AvgIpc) is 2.54. The molecule has 1 heterocycles. The first-order valence-electron chi connectivity index (χ1n) is 6.55. The molecule has 0 aliphatic heterocycles. The zero-order chi connectivity index (χ0) is 12.2. The molecule has 0 aliphatic rings. The van der Waals surface area contributed by atoms with Crippen molar-refractivity contribution in [3.8, 4) is 0 Å². The fourth-order valence-electron chi connectivity index (χ4n) is 2.13. The van der Waals surface area contributed by atoms with Crippen molar-refractivity contribution in [1.29, 1.82) is 0 Å². The second kappa shape index (κ2) is 6.01. The Kier molecular flexibility index (Phi) is 5.26. The Hall–Kier alpha value is -0.0831. The fourth-order valence-corrected chi connectivity index (χ4v) is 5.81. The summed E-state index contributed by atoms with van der Waals surface area (Å²) < 4.78 is 1.74. The summed E-state index contributed by atoms with van der Waals surface area (Å²) in [4.78, 5) is 1.50. The SMILES string of the molecule is CCCCCCc1cc(C)sc1[Si](C)(C)C. The summed E-state index contributed by atoms with van der Waals surface area (Å²) in [6, 6.07) is 2.43. The van der Waals surface area contributed by atoms with E-state index in [1.807, 2.05) is 11.3 Å². The number of thiophene rings is 1. The van der Waals surface area contributed by atoms with Gasteiger partial charge in [0.15, 0.2) is 0 Å². The lowest BCUT2D eigenvalue weighted by Crippen LogP contribution is -2.37. The molecule has 0 N–H and O–H groups in total. The lowest BCUT2D eigenvalue weighted by molar-refractivity contribution is 0.668. The third kappa shape index (κ3) is 4.06. The van der Waals surface area contributed by atoms with E-state index in [1.54, 1.807) is 10.1 Å². The van der Waals surface area contributed by atoms with E-state index in [0.29, 0.717) is 0 Å². The fraction of sp³-hybridized carbons (Fsp3) is 0.714. The zero-order valence-corrected chi connectivity index (χ0v) is 13.3. The van der Waals surface area contributed by atoms with Gasteiger partial charge in [-0.1, -0.05) is 45.8 Å². The quantitative estimate of drug-likeness (QED) is 0.509. The van der Waals surface area contributed by atoms with Crippen molar-refractivity contribution in [3.63, 3.8) is 0 Å². The summed E-state index contributed by atoms with van der Waals surface area (Å²) in [7, 11) is -1.11. The summed E-state index contributed by atoms with van der Waals surface area (Å²) in [5.74, 6) is 0. The smallest absolute Gasteiger partial charge is 0.0907 e. The van der Waals surface area contributed by atoms with Crippen LogP contribution in [0.5, 0.6) is 0 Å². The first kappa shape index (κ1) is 14.0. The van der Waals surface area contributed by atoms with Crippen LogP contribution >= 0.6 is 11.3 Å². The molecule has 0 radical (unpaired) electrons. The molecule has 0 saturated heterocycles. The lowest BCUT2D eigenvalue weighted by atomic mass is 10.1. The number of unbranched alkanes of at least 4 members (excludes halogenated alkanes) is 3. The minimum absolute atomic E-state index is 1.11. The average molecular weight is 255 g/mol.